The van der Waals surface area contributed by atoms with Crippen LogP contribution in [0, 0.1) is 0 Å². The maximum atomic E-state index is 5.62. The fourth-order valence-corrected chi connectivity index (χ4v) is 3.14. The Bertz CT molecular complexity index is 683. The summed E-state index contributed by atoms with van der Waals surface area (Å²) in [6, 6.07) is 8.23. The molecule has 0 amide bonds. The number of hydrogen-bond acceptors (Lipinski definition) is 6. The van der Waals surface area contributed by atoms with E-state index in [4.69, 9.17) is 14.2 Å². The van der Waals surface area contributed by atoms with Gasteiger partial charge >= 0.3 is 0 Å². The third-order valence-corrected chi connectivity index (χ3v) is 4.65. The number of piperazine rings is 1. The van der Waals surface area contributed by atoms with Gasteiger partial charge in [-0.3, -0.25) is 4.90 Å². The number of para-hydroxylation sites is 1. The van der Waals surface area contributed by atoms with E-state index in [-0.39, 0.29) is 11.5 Å². The lowest BCUT2D eigenvalue weighted by atomic mass is 9.85. The van der Waals surface area contributed by atoms with Crippen LogP contribution in [0.15, 0.2) is 28.8 Å². The molecule has 1 aliphatic heterocycles. The summed E-state index contributed by atoms with van der Waals surface area (Å²) in [4.78, 5) is 6.97. The molecule has 6 nitrogen and oxygen atoms in total. The monoisotopic (exact) mass is 330 g/mol. The van der Waals surface area contributed by atoms with Crippen molar-refractivity contribution in [2.45, 2.75) is 31.7 Å². The molecule has 1 aromatic heterocycles. The van der Waals surface area contributed by atoms with Gasteiger partial charge in [0.1, 0.15) is 5.75 Å². The predicted octanol–water partition coefficient (Wildman–Crippen LogP) is 2.17. The normalized spacial score (nSPS) is 19.4. The summed E-state index contributed by atoms with van der Waals surface area (Å²) in [7, 11) is 3.80. The number of rotatable bonds is 5. The lowest BCUT2D eigenvalue weighted by Crippen LogP contribution is -2.44. The Balaban J connectivity index is 1.80. The molecule has 130 valence electrons. The summed E-state index contributed by atoms with van der Waals surface area (Å²) in [6.45, 7) is 7.08. The van der Waals surface area contributed by atoms with Gasteiger partial charge in [0.2, 0.25) is 5.89 Å². The number of aromatic nitrogens is 2. The van der Waals surface area contributed by atoms with Gasteiger partial charge in [-0.2, -0.15) is 4.98 Å². The van der Waals surface area contributed by atoms with Crippen LogP contribution in [0.4, 0.5) is 0 Å². The zero-order valence-corrected chi connectivity index (χ0v) is 14.9. The van der Waals surface area contributed by atoms with Gasteiger partial charge in [-0.25, -0.2) is 0 Å². The van der Waals surface area contributed by atoms with E-state index in [0.717, 1.165) is 43.2 Å². The van der Waals surface area contributed by atoms with E-state index < -0.39 is 0 Å². The minimum absolute atomic E-state index is 0.165. The van der Waals surface area contributed by atoms with Crippen molar-refractivity contribution in [1.82, 2.24) is 20.4 Å². The van der Waals surface area contributed by atoms with Crippen LogP contribution in [-0.2, 0) is 11.8 Å². The minimum atomic E-state index is -0.263. The van der Waals surface area contributed by atoms with E-state index >= 15 is 0 Å². The van der Waals surface area contributed by atoms with E-state index in [1.807, 2.05) is 18.2 Å². The minimum Gasteiger partial charge on any atom is -0.496 e. The summed E-state index contributed by atoms with van der Waals surface area (Å²) < 4.78 is 11.1. The largest absolute Gasteiger partial charge is 0.496 e. The molecule has 1 saturated heterocycles. The lowest BCUT2D eigenvalue weighted by Gasteiger charge is -2.30. The molecule has 0 spiro atoms. The van der Waals surface area contributed by atoms with Crippen molar-refractivity contribution in [2.75, 3.05) is 33.8 Å². The maximum absolute atomic E-state index is 5.62. The first-order valence-corrected chi connectivity index (χ1v) is 8.38. The topological polar surface area (TPSA) is 63.4 Å². The van der Waals surface area contributed by atoms with Gasteiger partial charge in [0.05, 0.1) is 13.2 Å². The van der Waals surface area contributed by atoms with Gasteiger partial charge in [-0.1, -0.05) is 37.2 Å². The van der Waals surface area contributed by atoms with Crippen molar-refractivity contribution >= 4 is 0 Å². The van der Waals surface area contributed by atoms with E-state index in [1.165, 1.54) is 0 Å². The molecule has 0 aliphatic carbocycles. The zero-order chi connectivity index (χ0) is 17.2. The van der Waals surface area contributed by atoms with Crippen molar-refractivity contribution in [2.24, 2.45) is 0 Å². The van der Waals surface area contributed by atoms with Gasteiger partial charge in [0.25, 0.3) is 0 Å². The second kappa shape index (κ2) is 6.91. The average Bonchev–Trinajstić information content (AvgIpc) is 3.06. The molecule has 0 radical (unpaired) electrons. The molecule has 1 unspecified atom stereocenters. The van der Waals surface area contributed by atoms with Crippen molar-refractivity contribution in [3.63, 3.8) is 0 Å². The molecular weight excluding hydrogens is 304 g/mol. The summed E-state index contributed by atoms with van der Waals surface area (Å²) in [5, 5.41) is 7.63. The molecule has 2 heterocycles. The van der Waals surface area contributed by atoms with E-state index in [1.54, 1.807) is 7.11 Å². The van der Waals surface area contributed by atoms with Gasteiger partial charge in [0, 0.05) is 25.0 Å². The summed E-state index contributed by atoms with van der Waals surface area (Å²) >= 11 is 0. The quantitative estimate of drug-likeness (QED) is 0.906. The summed E-state index contributed by atoms with van der Waals surface area (Å²) in [5.74, 6) is 2.32. The Morgan fingerprint density at radius 2 is 2.17 bits per heavy atom. The predicted molar refractivity (Wildman–Crippen MR) is 92.3 cm³/mol. The van der Waals surface area contributed by atoms with Gasteiger partial charge < -0.3 is 14.6 Å². The average molecular weight is 330 g/mol. The van der Waals surface area contributed by atoms with E-state index in [0.29, 0.717) is 5.89 Å². The Hall–Kier alpha value is -1.92. The molecule has 3 rings (SSSR count). The molecular formula is C18H26N4O2. The van der Waals surface area contributed by atoms with Crippen LogP contribution in [0.3, 0.4) is 0 Å². The fraction of sp³-hybridized carbons (Fsp3) is 0.556. The molecule has 0 bridgehead atoms. The summed E-state index contributed by atoms with van der Waals surface area (Å²) in [6.07, 6.45) is 0.775. The van der Waals surface area contributed by atoms with Crippen LogP contribution in [-0.4, -0.2) is 48.8 Å². The number of ether oxygens (including phenoxy) is 1. The second-order valence-corrected chi connectivity index (χ2v) is 7.03. The van der Waals surface area contributed by atoms with Crippen molar-refractivity contribution in [3.8, 4) is 5.75 Å². The molecule has 1 N–H and O–H groups in total. The van der Waals surface area contributed by atoms with Crippen molar-refractivity contribution in [1.29, 1.82) is 0 Å². The zero-order valence-electron chi connectivity index (χ0n) is 14.9. The number of nitrogens with zero attached hydrogens (tertiary/aromatic N) is 3. The Labute approximate surface area is 143 Å². The molecule has 2 aromatic rings. The molecule has 1 aliphatic rings. The highest BCUT2D eigenvalue weighted by Crippen LogP contribution is 2.31. The number of likely N-dealkylation sites (N-methyl/N-ethyl adjacent to an activating group) is 1. The van der Waals surface area contributed by atoms with Gasteiger partial charge in [0.15, 0.2) is 5.82 Å². The first-order valence-electron chi connectivity index (χ1n) is 8.38. The third kappa shape index (κ3) is 3.44. The van der Waals surface area contributed by atoms with Gasteiger partial charge in [-0.05, 0) is 25.1 Å². The van der Waals surface area contributed by atoms with E-state index in [2.05, 4.69) is 42.3 Å². The van der Waals surface area contributed by atoms with E-state index in [9.17, 15) is 0 Å². The number of hydrogen-bond donors (Lipinski definition) is 1. The SMILES string of the molecule is COc1ccccc1CC(C)(C)c1nc(C2CNCCN2C)no1. The van der Waals surface area contributed by atoms with Crippen LogP contribution >= 0.6 is 0 Å². The number of benzene rings is 1. The maximum Gasteiger partial charge on any atom is 0.232 e. The van der Waals surface area contributed by atoms with Crippen LogP contribution in [0.1, 0.15) is 37.2 Å². The standard InChI is InChI=1S/C18H26N4O2/c1-18(2,11-13-7-5-6-8-15(13)23-4)17-20-16(21-24-17)14-12-19-9-10-22(14)3/h5-8,14,19H,9-12H2,1-4H3. The lowest BCUT2D eigenvalue weighted by molar-refractivity contribution is 0.190. The van der Waals surface area contributed by atoms with Crippen LogP contribution in [0.5, 0.6) is 5.75 Å². The smallest absolute Gasteiger partial charge is 0.232 e. The molecule has 1 atom stereocenters. The highest BCUT2D eigenvalue weighted by Gasteiger charge is 2.32. The molecule has 6 heteroatoms. The highest BCUT2D eigenvalue weighted by atomic mass is 16.5. The van der Waals surface area contributed by atoms with Gasteiger partial charge in [-0.15, -0.1) is 0 Å². The Morgan fingerprint density at radius 1 is 1.38 bits per heavy atom. The third-order valence-electron chi connectivity index (χ3n) is 4.65. The van der Waals surface area contributed by atoms with Crippen molar-refractivity contribution in [3.05, 3.63) is 41.5 Å². The molecule has 1 fully saturated rings. The first kappa shape index (κ1) is 16.9. The highest BCUT2D eigenvalue weighted by molar-refractivity contribution is 5.35. The molecule has 1 aromatic carbocycles. The van der Waals surface area contributed by atoms with Crippen LogP contribution < -0.4 is 10.1 Å². The number of methoxy groups -OCH3 is 1. The first-order chi connectivity index (χ1) is 11.5. The second-order valence-electron chi connectivity index (χ2n) is 7.03. The Kier molecular flexibility index (Phi) is 4.87. The fourth-order valence-electron chi connectivity index (χ4n) is 3.14. The van der Waals surface area contributed by atoms with Crippen molar-refractivity contribution < 1.29 is 9.26 Å². The molecule has 24 heavy (non-hydrogen) atoms. The molecule has 0 saturated carbocycles. The Morgan fingerprint density at radius 3 is 2.92 bits per heavy atom. The van der Waals surface area contributed by atoms with Crippen LogP contribution in [0.25, 0.3) is 0 Å². The number of nitrogens with one attached hydrogen (secondary N) is 1. The summed E-state index contributed by atoms with van der Waals surface area (Å²) in [5.41, 5.74) is 0.877. The van der Waals surface area contributed by atoms with Crippen LogP contribution in [0.2, 0.25) is 0 Å².